The highest BCUT2D eigenvalue weighted by Gasteiger charge is 2.51. The third-order valence-corrected chi connectivity index (χ3v) is 5.83. The lowest BCUT2D eigenvalue weighted by atomic mass is 9.70. The van der Waals surface area contributed by atoms with Crippen molar-refractivity contribution in [3.05, 3.63) is 28.2 Å². The number of rotatable bonds is 7. The number of carboxylic acid groups (broad SMARTS) is 1. The first-order chi connectivity index (χ1) is 11.0. The summed E-state index contributed by atoms with van der Waals surface area (Å²) in [6.07, 6.45) is 4.21. The van der Waals surface area contributed by atoms with E-state index in [1.807, 2.05) is 20.8 Å². The van der Waals surface area contributed by atoms with Crippen LogP contribution in [0.2, 0.25) is 0 Å². The largest absolute Gasteiger partial charge is 0.734 e. The molecule has 2 aliphatic rings. The molecule has 1 aliphatic heterocycles. The minimum atomic E-state index is -4.52. The van der Waals surface area contributed by atoms with Crippen LogP contribution in [0.5, 0.6) is 0 Å². The summed E-state index contributed by atoms with van der Waals surface area (Å²) in [5.41, 5.74) is 1.85. The third-order valence-electron chi connectivity index (χ3n) is 4.81. The second-order valence-corrected chi connectivity index (χ2v) is 8.20. The summed E-state index contributed by atoms with van der Waals surface area (Å²) >= 11 is 0. The van der Waals surface area contributed by atoms with Gasteiger partial charge in [-0.15, -0.1) is 0 Å². The first kappa shape index (κ1) is 18.7. The summed E-state index contributed by atoms with van der Waals surface area (Å²) in [6, 6.07) is 0. The topological polar surface area (TPSA) is 107 Å². The lowest BCUT2D eigenvalue weighted by Gasteiger charge is -2.28. The molecule has 0 aromatic carbocycles. The maximum Gasteiger partial charge on any atom is 0.303 e. The maximum atomic E-state index is 11.7. The van der Waals surface area contributed by atoms with Crippen molar-refractivity contribution in [3.8, 4) is 0 Å². The van der Waals surface area contributed by atoms with Crippen molar-refractivity contribution < 1.29 is 22.9 Å². The van der Waals surface area contributed by atoms with Crippen LogP contribution in [-0.4, -0.2) is 29.8 Å². The Hall–Kier alpha value is -1.60. The Balaban J connectivity index is 2.24. The Bertz CT molecular complexity index is 728. The average molecular weight is 353 g/mol. The molecule has 6 nitrogen and oxygen atoms in total. The molecule has 0 saturated carbocycles. The average Bonchev–Trinajstić information content (AvgIpc) is 2.67. The molecule has 0 aromatic rings. The van der Waals surface area contributed by atoms with Gasteiger partial charge in [0.15, 0.2) is 15.8 Å². The number of carboxylic acids is 1. The zero-order chi connectivity index (χ0) is 18.1. The van der Waals surface area contributed by atoms with Crippen molar-refractivity contribution in [1.82, 2.24) is 0 Å². The first-order valence-corrected chi connectivity index (χ1v) is 9.49. The fourth-order valence-corrected chi connectivity index (χ4v) is 4.07. The quantitative estimate of drug-likeness (QED) is 0.430. The van der Waals surface area contributed by atoms with Crippen molar-refractivity contribution in [2.24, 2.45) is 10.4 Å². The van der Waals surface area contributed by atoms with Crippen LogP contribution in [0.15, 0.2) is 27.2 Å². The standard InChI is InChI=1S/C17H23NO5S/c1-11-17(2,3)16-12(7-5-4-6-8-15(19)20)14(24(21,22)23)10-9-13(16)18-11/h9H,4-8,10H2,1-3H3,(H-,19,20,21,22,23). The van der Waals surface area contributed by atoms with Gasteiger partial charge >= 0.3 is 5.97 Å². The summed E-state index contributed by atoms with van der Waals surface area (Å²) in [7, 11) is -4.52. The van der Waals surface area contributed by atoms with Gasteiger partial charge in [-0.2, -0.15) is 0 Å². The Kier molecular flexibility index (Phi) is 5.25. The van der Waals surface area contributed by atoms with E-state index in [9.17, 15) is 17.8 Å². The normalized spacial score (nSPS) is 19.9. The molecule has 1 heterocycles. The Morgan fingerprint density at radius 2 is 2.04 bits per heavy atom. The predicted molar refractivity (Wildman–Crippen MR) is 90.3 cm³/mol. The Labute approximate surface area is 143 Å². The lowest BCUT2D eigenvalue weighted by Crippen LogP contribution is -2.29. The predicted octanol–water partition coefficient (Wildman–Crippen LogP) is 3.18. The van der Waals surface area contributed by atoms with E-state index >= 15 is 0 Å². The lowest BCUT2D eigenvalue weighted by molar-refractivity contribution is -0.137. The number of unbranched alkanes of at least 4 members (excludes halogenated alkanes) is 2. The summed E-state index contributed by atoms with van der Waals surface area (Å²) in [5, 5.41) is 8.67. The molecule has 24 heavy (non-hydrogen) atoms. The van der Waals surface area contributed by atoms with Gasteiger partial charge in [0.1, 0.15) is 4.91 Å². The van der Waals surface area contributed by atoms with E-state index in [1.54, 1.807) is 6.08 Å². The van der Waals surface area contributed by atoms with Gasteiger partial charge in [0.2, 0.25) is 0 Å². The zero-order valence-corrected chi connectivity index (χ0v) is 15.1. The van der Waals surface area contributed by atoms with E-state index in [1.165, 1.54) is 0 Å². The summed E-state index contributed by atoms with van der Waals surface area (Å²) < 4.78 is 35.1. The number of hydrogen-bond donors (Lipinski definition) is 1. The molecule has 0 atom stereocenters. The van der Waals surface area contributed by atoms with Crippen molar-refractivity contribution in [1.29, 1.82) is 0 Å². The van der Waals surface area contributed by atoms with Gasteiger partial charge in [0, 0.05) is 18.2 Å². The Morgan fingerprint density at radius 3 is 2.62 bits per heavy atom. The molecule has 0 spiro atoms. The molecule has 1 N–H and O–H groups in total. The fraction of sp³-hybridized carbons (Fsp3) is 0.588. The fourth-order valence-electron chi connectivity index (χ4n) is 3.28. The van der Waals surface area contributed by atoms with Crippen LogP contribution in [0, 0.1) is 11.3 Å². The van der Waals surface area contributed by atoms with E-state index < -0.39 is 21.5 Å². The van der Waals surface area contributed by atoms with E-state index in [-0.39, 0.29) is 17.7 Å². The first-order valence-electron chi connectivity index (χ1n) is 8.09. The summed E-state index contributed by atoms with van der Waals surface area (Å²) in [6.45, 7) is 5.86. The van der Waals surface area contributed by atoms with Gasteiger partial charge in [0.05, 0.1) is 23.3 Å². The molecule has 0 saturated heterocycles. The van der Waals surface area contributed by atoms with Crippen LogP contribution < -0.4 is 0 Å². The molecule has 0 radical (unpaired) electrons. The second kappa shape index (κ2) is 6.72. The summed E-state index contributed by atoms with van der Waals surface area (Å²) in [4.78, 5) is 15.0. The van der Waals surface area contributed by atoms with E-state index in [0.717, 1.165) is 17.3 Å². The number of carbonyl (C=O) groups is 1. The zero-order valence-electron chi connectivity index (χ0n) is 14.3. The third kappa shape index (κ3) is 3.72. The van der Waals surface area contributed by atoms with Crippen molar-refractivity contribution in [2.45, 2.75) is 59.3 Å². The van der Waals surface area contributed by atoms with Crippen LogP contribution in [0.1, 0.15) is 59.3 Å². The number of nitrogens with zero attached hydrogens (tertiary/aromatic N) is 1. The second-order valence-electron chi connectivity index (χ2n) is 6.80. The molecular formula is C17H23NO5S. The molecule has 2 rings (SSSR count). The number of hydrogen-bond acceptors (Lipinski definition) is 5. The van der Waals surface area contributed by atoms with Gasteiger partial charge in [-0.25, -0.2) is 13.4 Å². The molecule has 0 bridgehead atoms. The van der Waals surface area contributed by atoms with Crippen molar-refractivity contribution in [3.63, 3.8) is 0 Å². The van der Waals surface area contributed by atoms with E-state index in [4.69, 9.17) is 5.11 Å². The van der Waals surface area contributed by atoms with Gasteiger partial charge < -0.3 is 9.66 Å². The number of allylic oxidation sites excluding steroid dienone is 3. The van der Waals surface area contributed by atoms with Crippen LogP contribution in [0.4, 0.5) is 0 Å². The van der Waals surface area contributed by atoms with Crippen molar-refractivity contribution >= 4 is 21.8 Å². The molecule has 0 amide bonds. The monoisotopic (exact) mass is 353 g/mol. The molecular weight excluding hydrogens is 330 g/mol. The van der Waals surface area contributed by atoms with Crippen LogP contribution >= 0.6 is 0 Å². The molecule has 7 heteroatoms. The van der Waals surface area contributed by atoms with Crippen molar-refractivity contribution in [2.75, 3.05) is 0 Å². The highest BCUT2D eigenvalue weighted by atomic mass is 32.2. The van der Waals surface area contributed by atoms with E-state index in [2.05, 4.69) is 4.99 Å². The highest BCUT2D eigenvalue weighted by molar-refractivity contribution is 7.89. The minimum Gasteiger partial charge on any atom is -0.734 e. The van der Waals surface area contributed by atoms with Gasteiger partial charge in [0.25, 0.3) is 0 Å². The number of aliphatic carboxylic acids is 1. The SMILES string of the molecule is CC1=NC2=CCC(S(=O)(=O)[O-])=C(CCCCCC(=O)O)[C+]2C1(C)C. The highest BCUT2D eigenvalue weighted by Crippen LogP contribution is 2.52. The number of aliphatic imine (C=N–C) groups is 1. The van der Waals surface area contributed by atoms with Crippen LogP contribution in [0.25, 0.3) is 0 Å². The molecule has 0 fully saturated rings. The van der Waals surface area contributed by atoms with E-state index in [0.29, 0.717) is 31.3 Å². The maximum absolute atomic E-state index is 11.7. The smallest absolute Gasteiger partial charge is 0.303 e. The molecule has 1 aliphatic carbocycles. The van der Waals surface area contributed by atoms with Gasteiger partial charge in [-0.3, -0.25) is 4.79 Å². The Morgan fingerprint density at radius 1 is 1.38 bits per heavy atom. The molecule has 0 unspecified atom stereocenters. The van der Waals surface area contributed by atoms with Crippen LogP contribution in [0.3, 0.4) is 0 Å². The van der Waals surface area contributed by atoms with Crippen LogP contribution in [-0.2, 0) is 14.9 Å². The summed E-state index contributed by atoms with van der Waals surface area (Å²) in [5.74, 6) is -0.00541. The molecule has 0 aromatic heterocycles. The number of fused-ring (bicyclic) bond motifs is 1. The minimum absolute atomic E-state index is 0.0579. The molecule has 132 valence electrons. The van der Waals surface area contributed by atoms with Gasteiger partial charge in [-0.1, -0.05) is 6.42 Å². The van der Waals surface area contributed by atoms with Gasteiger partial charge in [-0.05, 0) is 40.0 Å².